The summed E-state index contributed by atoms with van der Waals surface area (Å²) in [4.78, 5) is 2.31. The van der Waals surface area contributed by atoms with E-state index >= 15 is 0 Å². The Morgan fingerprint density at radius 3 is 2.24 bits per heavy atom. The van der Waals surface area contributed by atoms with Crippen LogP contribution in [0.1, 0.15) is 60.3 Å². The van der Waals surface area contributed by atoms with E-state index in [1.54, 1.807) is 0 Å². The second-order valence-corrected chi connectivity index (χ2v) is 13.8. The number of nitrogens with zero attached hydrogens (tertiary/aromatic N) is 1. The highest BCUT2D eigenvalue weighted by Crippen LogP contribution is 2.38. The van der Waals surface area contributed by atoms with Gasteiger partial charge in [-0.05, 0) is 70.1 Å². The molecule has 0 radical (unpaired) electrons. The first kappa shape index (κ1) is 22.5. The number of allylic oxidation sites excluding steroid dienone is 1. The van der Waals surface area contributed by atoms with Crippen molar-refractivity contribution in [2.24, 2.45) is 0 Å². The minimum atomic E-state index is -1.65. The van der Waals surface area contributed by atoms with Gasteiger partial charge in [0.25, 0.3) is 0 Å². The van der Waals surface area contributed by atoms with Gasteiger partial charge in [0.05, 0.1) is 12.1 Å². The predicted octanol–water partition coefficient (Wildman–Crippen LogP) is 5.75. The van der Waals surface area contributed by atoms with Crippen LogP contribution < -0.4 is 0 Å². The number of hydrogen-bond donors (Lipinski definition) is 0. The van der Waals surface area contributed by atoms with Gasteiger partial charge in [0, 0.05) is 6.61 Å². The van der Waals surface area contributed by atoms with Crippen LogP contribution in [-0.4, -0.2) is 46.1 Å². The van der Waals surface area contributed by atoms with Gasteiger partial charge in [0.1, 0.15) is 5.76 Å². The molecule has 0 N–H and O–H groups in total. The van der Waals surface area contributed by atoms with Crippen molar-refractivity contribution in [3.8, 4) is 0 Å². The normalized spacial score (nSPS) is 21.5. The Labute approximate surface area is 157 Å². The number of likely N-dealkylation sites (N-methyl/N-ethyl adjacent to an activating group) is 1. The SMILES string of the molecule is CCCC1(N(C)C)C=C(CCCO[Si](C)(C)C(C)(C)C)C(OCC)=C1. The van der Waals surface area contributed by atoms with Gasteiger partial charge in [0.2, 0.25) is 0 Å². The van der Waals surface area contributed by atoms with Gasteiger partial charge in [-0.3, -0.25) is 4.90 Å². The van der Waals surface area contributed by atoms with E-state index in [-0.39, 0.29) is 10.6 Å². The molecule has 1 aliphatic rings. The molecule has 25 heavy (non-hydrogen) atoms. The highest BCUT2D eigenvalue weighted by Gasteiger charge is 2.37. The van der Waals surface area contributed by atoms with Crippen molar-refractivity contribution < 1.29 is 9.16 Å². The zero-order valence-electron chi connectivity index (χ0n) is 18.2. The molecule has 0 saturated carbocycles. The Balaban J connectivity index is 2.74. The Bertz CT molecular complexity index is 489. The van der Waals surface area contributed by atoms with Crippen LogP contribution in [0, 0.1) is 0 Å². The van der Waals surface area contributed by atoms with Gasteiger partial charge in [0.15, 0.2) is 8.32 Å². The molecule has 0 fully saturated rings. The summed E-state index contributed by atoms with van der Waals surface area (Å²) in [6.07, 6.45) is 9.11. The first-order valence-corrected chi connectivity index (χ1v) is 12.8. The third kappa shape index (κ3) is 5.70. The molecular formula is C21H41NO2Si. The highest BCUT2D eigenvalue weighted by atomic mass is 28.4. The summed E-state index contributed by atoms with van der Waals surface area (Å²) in [5, 5.41) is 0.275. The molecule has 1 unspecified atom stereocenters. The van der Waals surface area contributed by atoms with Crippen LogP contribution in [0.15, 0.2) is 23.5 Å². The lowest BCUT2D eigenvalue weighted by Crippen LogP contribution is -2.41. The van der Waals surface area contributed by atoms with Crippen LogP contribution in [0.25, 0.3) is 0 Å². The van der Waals surface area contributed by atoms with Crippen LogP contribution in [0.4, 0.5) is 0 Å². The second-order valence-electron chi connectivity index (χ2n) is 8.96. The minimum absolute atomic E-state index is 0.00880. The van der Waals surface area contributed by atoms with Crippen molar-refractivity contribution in [2.75, 3.05) is 27.3 Å². The Morgan fingerprint density at radius 2 is 1.76 bits per heavy atom. The molecule has 0 aliphatic heterocycles. The molecule has 4 heteroatoms. The smallest absolute Gasteiger partial charge is 0.191 e. The molecule has 0 bridgehead atoms. The molecule has 3 nitrogen and oxygen atoms in total. The minimum Gasteiger partial charge on any atom is -0.494 e. The summed E-state index contributed by atoms with van der Waals surface area (Å²) in [5.41, 5.74) is 1.36. The number of rotatable bonds is 10. The van der Waals surface area contributed by atoms with Crippen LogP contribution in [0.2, 0.25) is 18.1 Å². The van der Waals surface area contributed by atoms with E-state index in [0.717, 1.165) is 44.7 Å². The van der Waals surface area contributed by atoms with Gasteiger partial charge in [-0.25, -0.2) is 0 Å². The maximum absolute atomic E-state index is 6.34. The summed E-state index contributed by atoms with van der Waals surface area (Å²) in [7, 11) is 2.68. The third-order valence-electron chi connectivity index (χ3n) is 5.76. The lowest BCUT2D eigenvalue weighted by Gasteiger charge is -2.36. The summed E-state index contributed by atoms with van der Waals surface area (Å²) < 4.78 is 12.3. The average Bonchev–Trinajstić information content (AvgIpc) is 2.82. The molecule has 0 aromatic heterocycles. The van der Waals surface area contributed by atoms with E-state index < -0.39 is 8.32 Å². The molecule has 1 aliphatic carbocycles. The van der Waals surface area contributed by atoms with Crippen LogP contribution in [0.3, 0.4) is 0 Å². The summed E-state index contributed by atoms with van der Waals surface area (Å²) >= 11 is 0. The Morgan fingerprint density at radius 1 is 1.12 bits per heavy atom. The third-order valence-corrected chi connectivity index (χ3v) is 10.3. The molecule has 0 spiro atoms. The molecule has 0 saturated heterocycles. The largest absolute Gasteiger partial charge is 0.494 e. The molecule has 0 aromatic carbocycles. The van der Waals surface area contributed by atoms with E-state index in [4.69, 9.17) is 9.16 Å². The summed E-state index contributed by atoms with van der Waals surface area (Å²) in [6, 6.07) is 0. The van der Waals surface area contributed by atoms with Gasteiger partial charge < -0.3 is 9.16 Å². The number of hydrogen-bond acceptors (Lipinski definition) is 3. The fourth-order valence-corrected chi connectivity index (χ4v) is 4.14. The molecule has 0 aromatic rings. The maximum Gasteiger partial charge on any atom is 0.191 e. The van der Waals surface area contributed by atoms with Gasteiger partial charge in [-0.2, -0.15) is 0 Å². The molecule has 1 atom stereocenters. The van der Waals surface area contributed by atoms with Crippen molar-refractivity contribution in [3.63, 3.8) is 0 Å². The zero-order chi connectivity index (χ0) is 19.3. The topological polar surface area (TPSA) is 21.7 Å². The molecule has 1 rings (SSSR count). The van der Waals surface area contributed by atoms with E-state index in [2.05, 4.69) is 78.9 Å². The van der Waals surface area contributed by atoms with Crippen molar-refractivity contribution in [1.82, 2.24) is 4.90 Å². The molecular weight excluding hydrogens is 326 g/mol. The van der Waals surface area contributed by atoms with Gasteiger partial charge >= 0.3 is 0 Å². The van der Waals surface area contributed by atoms with Gasteiger partial charge in [-0.15, -0.1) is 0 Å². The zero-order valence-corrected chi connectivity index (χ0v) is 19.2. The first-order valence-electron chi connectivity index (χ1n) is 9.88. The van der Waals surface area contributed by atoms with E-state index in [0.29, 0.717) is 0 Å². The Kier molecular flexibility index (Phi) is 7.97. The van der Waals surface area contributed by atoms with E-state index in [1.807, 2.05) is 0 Å². The van der Waals surface area contributed by atoms with E-state index in [1.165, 1.54) is 5.57 Å². The summed E-state index contributed by atoms with van der Waals surface area (Å²) in [6.45, 7) is 17.4. The van der Waals surface area contributed by atoms with Crippen molar-refractivity contribution in [1.29, 1.82) is 0 Å². The molecule has 0 heterocycles. The standard InChI is InChI=1S/C21H41NO2Si/c1-10-14-21(22(6)7)16-18(19(17-21)23-11-2)13-12-15-24-25(8,9)20(3,4)5/h16-17H,10-15H2,1-9H3. The fourth-order valence-electron chi connectivity index (χ4n) is 3.05. The average molecular weight is 368 g/mol. The molecule has 146 valence electrons. The van der Waals surface area contributed by atoms with Crippen LogP contribution in [0.5, 0.6) is 0 Å². The summed E-state index contributed by atoms with van der Waals surface area (Å²) in [5.74, 6) is 1.08. The highest BCUT2D eigenvalue weighted by molar-refractivity contribution is 6.74. The lowest BCUT2D eigenvalue weighted by atomic mass is 9.93. The number of ether oxygens (including phenoxy) is 1. The van der Waals surface area contributed by atoms with Crippen molar-refractivity contribution >= 4 is 8.32 Å². The lowest BCUT2D eigenvalue weighted by molar-refractivity contribution is 0.221. The predicted molar refractivity (Wildman–Crippen MR) is 112 cm³/mol. The molecule has 0 amide bonds. The maximum atomic E-state index is 6.34. The van der Waals surface area contributed by atoms with Gasteiger partial charge in [-0.1, -0.05) is 40.2 Å². The van der Waals surface area contributed by atoms with E-state index in [9.17, 15) is 0 Å². The quantitative estimate of drug-likeness (QED) is 0.362. The van der Waals surface area contributed by atoms with Crippen molar-refractivity contribution in [3.05, 3.63) is 23.5 Å². The monoisotopic (exact) mass is 367 g/mol. The Hall–Kier alpha value is -0.583. The second kappa shape index (κ2) is 8.87. The fraction of sp³-hybridized carbons (Fsp3) is 0.810. The first-order chi connectivity index (χ1) is 11.5. The van der Waals surface area contributed by atoms with Crippen molar-refractivity contribution in [2.45, 2.75) is 84.0 Å². The van der Waals surface area contributed by atoms with Crippen LogP contribution >= 0.6 is 0 Å². The van der Waals surface area contributed by atoms with Crippen LogP contribution in [-0.2, 0) is 9.16 Å².